The van der Waals surface area contributed by atoms with Gasteiger partial charge in [0.25, 0.3) is 5.56 Å². The van der Waals surface area contributed by atoms with E-state index < -0.39 is 0 Å². The van der Waals surface area contributed by atoms with Crippen molar-refractivity contribution in [3.8, 4) is 0 Å². The van der Waals surface area contributed by atoms with Crippen molar-refractivity contribution >= 4 is 16.6 Å². The van der Waals surface area contributed by atoms with Crippen molar-refractivity contribution in [3.63, 3.8) is 0 Å². The predicted octanol–water partition coefficient (Wildman–Crippen LogP) is 2.23. The third-order valence-electron chi connectivity index (χ3n) is 5.16. The zero-order valence-electron chi connectivity index (χ0n) is 15.9. The van der Waals surface area contributed by atoms with Crippen molar-refractivity contribution in [1.82, 2.24) is 19.7 Å². The highest BCUT2D eigenvalue weighted by atomic mass is 16.1. The molecule has 6 heteroatoms. The Balaban J connectivity index is 1.42. The van der Waals surface area contributed by atoms with Gasteiger partial charge in [0, 0.05) is 55.6 Å². The fraction of sp³-hybridized carbons (Fsp3) is 0.381. The number of aromatic nitrogens is 3. The molecule has 0 radical (unpaired) electrons. The molecular weight excluding hydrogens is 338 g/mol. The van der Waals surface area contributed by atoms with E-state index in [0.717, 1.165) is 49.6 Å². The first-order chi connectivity index (χ1) is 13.1. The van der Waals surface area contributed by atoms with Crippen LogP contribution in [0, 0.1) is 13.8 Å². The van der Waals surface area contributed by atoms with Crippen LogP contribution in [0.15, 0.2) is 47.3 Å². The van der Waals surface area contributed by atoms with Gasteiger partial charge in [-0.1, -0.05) is 18.2 Å². The Morgan fingerprint density at radius 3 is 2.52 bits per heavy atom. The van der Waals surface area contributed by atoms with Gasteiger partial charge >= 0.3 is 0 Å². The smallest absolute Gasteiger partial charge is 0.266 e. The Hall–Kier alpha value is -2.73. The summed E-state index contributed by atoms with van der Waals surface area (Å²) in [6.45, 7) is 9.37. The van der Waals surface area contributed by atoms with E-state index in [1.807, 2.05) is 13.0 Å². The first-order valence-electron chi connectivity index (χ1n) is 9.48. The zero-order chi connectivity index (χ0) is 18.8. The molecule has 6 nitrogen and oxygen atoms in total. The second-order valence-electron chi connectivity index (χ2n) is 7.16. The molecule has 1 aliphatic heterocycles. The number of hydrogen-bond acceptors (Lipinski definition) is 5. The van der Waals surface area contributed by atoms with E-state index in [-0.39, 0.29) is 5.56 Å². The number of rotatable bonds is 4. The molecule has 1 aromatic carbocycles. The summed E-state index contributed by atoms with van der Waals surface area (Å²) in [7, 11) is 0. The van der Waals surface area contributed by atoms with Crippen molar-refractivity contribution in [2.75, 3.05) is 37.6 Å². The fourth-order valence-electron chi connectivity index (χ4n) is 3.71. The summed E-state index contributed by atoms with van der Waals surface area (Å²) in [6.07, 6.45) is 0. The minimum atomic E-state index is -0.0297. The van der Waals surface area contributed by atoms with E-state index in [1.54, 1.807) is 16.8 Å². The minimum absolute atomic E-state index is 0.0297. The molecular formula is C21H25N5O. The molecule has 140 valence electrons. The molecule has 0 N–H and O–H groups in total. The van der Waals surface area contributed by atoms with E-state index >= 15 is 0 Å². The average molecular weight is 363 g/mol. The molecule has 0 bridgehead atoms. The van der Waals surface area contributed by atoms with Gasteiger partial charge < -0.3 is 4.90 Å². The molecule has 0 saturated carbocycles. The number of pyridine rings is 1. The Bertz CT molecular complexity index is 1000. The Kier molecular flexibility index (Phi) is 4.90. The van der Waals surface area contributed by atoms with Crippen molar-refractivity contribution in [1.29, 1.82) is 0 Å². The number of anilines is 1. The predicted molar refractivity (Wildman–Crippen MR) is 108 cm³/mol. The normalized spacial score (nSPS) is 15.4. The van der Waals surface area contributed by atoms with Gasteiger partial charge in [-0.15, -0.1) is 0 Å². The molecule has 0 amide bonds. The summed E-state index contributed by atoms with van der Waals surface area (Å²) < 4.78 is 1.57. The topological polar surface area (TPSA) is 54.3 Å². The lowest BCUT2D eigenvalue weighted by Crippen LogP contribution is -2.47. The molecule has 1 saturated heterocycles. The van der Waals surface area contributed by atoms with Crippen LogP contribution in [0.2, 0.25) is 0 Å². The van der Waals surface area contributed by atoms with E-state index in [9.17, 15) is 4.79 Å². The Labute approximate surface area is 159 Å². The van der Waals surface area contributed by atoms with Gasteiger partial charge in [0.05, 0.1) is 17.8 Å². The fourth-order valence-corrected chi connectivity index (χ4v) is 3.71. The number of hydrogen-bond donors (Lipinski definition) is 0. The quantitative estimate of drug-likeness (QED) is 0.712. The van der Waals surface area contributed by atoms with Gasteiger partial charge in [-0.25, -0.2) is 4.68 Å². The second-order valence-corrected chi connectivity index (χ2v) is 7.16. The van der Waals surface area contributed by atoms with E-state index in [0.29, 0.717) is 6.54 Å². The van der Waals surface area contributed by atoms with Gasteiger partial charge in [-0.05, 0) is 32.0 Å². The highest BCUT2D eigenvalue weighted by molar-refractivity contribution is 5.92. The minimum Gasteiger partial charge on any atom is -0.368 e. The molecule has 3 heterocycles. The van der Waals surface area contributed by atoms with E-state index in [1.165, 1.54) is 11.1 Å². The van der Waals surface area contributed by atoms with Crippen LogP contribution in [0.5, 0.6) is 0 Å². The molecule has 0 atom stereocenters. The maximum absolute atomic E-state index is 11.9. The summed E-state index contributed by atoms with van der Waals surface area (Å²) >= 11 is 0. The van der Waals surface area contributed by atoms with Crippen LogP contribution >= 0.6 is 0 Å². The molecule has 3 aromatic rings. The van der Waals surface area contributed by atoms with Crippen LogP contribution in [0.25, 0.3) is 10.9 Å². The third kappa shape index (κ3) is 3.85. The van der Waals surface area contributed by atoms with Crippen LogP contribution in [0.1, 0.15) is 11.4 Å². The van der Waals surface area contributed by atoms with Crippen molar-refractivity contribution in [2.24, 2.45) is 0 Å². The van der Waals surface area contributed by atoms with Gasteiger partial charge in [0.15, 0.2) is 0 Å². The summed E-state index contributed by atoms with van der Waals surface area (Å²) in [4.78, 5) is 21.4. The van der Waals surface area contributed by atoms with Crippen LogP contribution in [-0.4, -0.2) is 52.4 Å². The molecule has 0 aliphatic carbocycles. The monoisotopic (exact) mass is 363 g/mol. The third-order valence-corrected chi connectivity index (χ3v) is 5.16. The Morgan fingerprint density at radius 2 is 1.70 bits per heavy atom. The summed E-state index contributed by atoms with van der Waals surface area (Å²) in [6, 6.07) is 13.9. The zero-order valence-corrected chi connectivity index (χ0v) is 15.9. The van der Waals surface area contributed by atoms with Crippen LogP contribution < -0.4 is 10.5 Å². The maximum Gasteiger partial charge on any atom is 0.266 e. The molecule has 1 aliphatic rings. The summed E-state index contributed by atoms with van der Waals surface area (Å²) in [5.41, 5.74) is 4.22. The van der Waals surface area contributed by atoms with Gasteiger partial charge in [0.1, 0.15) is 0 Å². The summed E-state index contributed by atoms with van der Waals surface area (Å²) in [5, 5.41) is 5.54. The van der Waals surface area contributed by atoms with E-state index in [4.69, 9.17) is 0 Å². The summed E-state index contributed by atoms with van der Waals surface area (Å²) in [5.74, 6) is 0. The molecule has 0 spiro atoms. The number of para-hydroxylation sites is 1. The van der Waals surface area contributed by atoms with Crippen LogP contribution in [0.4, 0.5) is 5.69 Å². The number of piperazine rings is 1. The number of fused-ring (bicyclic) bond motifs is 1. The molecule has 1 fully saturated rings. The van der Waals surface area contributed by atoms with Crippen molar-refractivity contribution in [2.45, 2.75) is 20.4 Å². The standard InChI is InChI=1S/C21H25N5O/c1-16-7-8-21(27)26(23-16)14-11-24-9-12-25(13-10-24)20-15-17(2)22-19-6-4-3-5-18(19)20/h3-8,15H,9-14H2,1-2H3. The molecule has 27 heavy (non-hydrogen) atoms. The van der Waals surface area contributed by atoms with Gasteiger partial charge in [0.2, 0.25) is 0 Å². The van der Waals surface area contributed by atoms with Gasteiger partial charge in [-0.2, -0.15) is 5.10 Å². The van der Waals surface area contributed by atoms with Crippen LogP contribution in [0.3, 0.4) is 0 Å². The highest BCUT2D eigenvalue weighted by Gasteiger charge is 2.19. The lowest BCUT2D eigenvalue weighted by atomic mass is 10.1. The first-order valence-corrected chi connectivity index (χ1v) is 9.48. The second kappa shape index (κ2) is 7.48. The molecule has 2 aromatic heterocycles. The SMILES string of the molecule is Cc1cc(N2CCN(CCn3nc(C)ccc3=O)CC2)c2ccccc2n1. The highest BCUT2D eigenvalue weighted by Crippen LogP contribution is 2.27. The van der Waals surface area contributed by atoms with Crippen LogP contribution in [-0.2, 0) is 6.54 Å². The lowest BCUT2D eigenvalue weighted by Gasteiger charge is -2.36. The van der Waals surface area contributed by atoms with E-state index in [2.05, 4.69) is 51.1 Å². The lowest BCUT2D eigenvalue weighted by molar-refractivity contribution is 0.242. The maximum atomic E-state index is 11.9. The number of benzene rings is 1. The first kappa shape index (κ1) is 17.7. The molecule has 0 unspecified atom stereocenters. The Morgan fingerprint density at radius 1 is 0.926 bits per heavy atom. The molecule has 4 rings (SSSR count). The largest absolute Gasteiger partial charge is 0.368 e. The average Bonchev–Trinajstić information content (AvgIpc) is 2.68. The number of aryl methyl sites for hydroxylation is 2. The van der Waals surface area contributed by atoms with Crippen molar-refractivity contribution < 1.29 is 0 Å². The number of nitrogens with zero attached hydrogens (tertiary/aromatic N) is 5. The van der Waals surface area contributed by atoms with Gasteiger partial charge in [-0.3, -0.25) is 14.7 Å². The van der Waals surface area contributed by atoms with Crippen molar-refractivity contribution in [3.05, 3.63) is 64.2 Å².